The lowest BCUT2D eigenvalue weighted by atomic mass is 10.1. The Morgan fingerprint density at radius 1 is 1.12 bits per heavy atom. The highest BCUT2D eigenvalue weighted by molar-refractivity contribution is 8.00. The van der Waals surface area contributed by atoms with Crippen LogP contribution >= 0.6 is 23.4 Å². The number of carbonyl (C=O) groups excluding carboxylic acids is 2. The maximum absolute atomic E-state index is 12.8. The van der Waals surface area contributed by atoms with Gasteiger partial charge in [0.05, 0.1) is 5.75 Å². The largest absolute Gasteiger partial charge is 0.357 e. The number of rotatable bonds is 7. The van der Waals surface area contributed by atoms with Gasteiger partial charge in [0.15, 0.2) is 0 Å². The fourth-order valence-electron chi connectivity index (χ4n) is 2.44. The molecule has 0 heterocycles. The number of amides is 2. The summed E-state index contributed by atoms with van der Waals surface area (Å²) < 4.78 is 0. The molecule has 0 aliphatic carbocycles. The zero-order valence-electron chi connectivity index (χ0n) is 15.2. The zero-order valence-corrected chi connectivity index (χ0v) is 16.7. The average molecular weight is 391 g/mol. The Morgan fingerprint density at radius 2 is 1.73 bits per heavy atom. The van der Waals surface area contributed by atoms with E-state index in [4.69, 9.17) is 11.6 Å². The maximum Gasteiger partial charge on any atom is 0.242 e. The zero-order chi connectivity index (χ0) is 19.1. The Labute approximate surface area is 163 Å². The van der Waals surface area contributed by atoms with Crippen LogP contribution in [0.1, 0.15) is 18.1 Å². The molecule has 0 saturated carbocycles. The van der Waals surface area contributed by atoms with Crippen LogP contribution in [0.2, 0.25) is 5.02 Å². The highest BCUT2D eigenvalue weighted by Crippen LogP contribution is 2.21. The molecule has 4 nitrogen and oxygen atoms in total. The van der Waals surface area contributed by atoms with E-state index < -0.39 is 6.04 Å². The molecule has 0 aliphatic rings. The van der Waals surface area contributed by atoms with Crippen LogP contribution in [0.4, 0.5) is 0 Å². The van der Waals surface area contributed by atoms with E-state index >= 15 is 0 Å². The number of aryl methyl sites for hydroxylation is 1. The number of hydrogen-bond acceptors (Lipinski definition) is 3. The fraction of sp³-hybridized carbons (Fsp3) is 0.300. The minimum absolute atomic E-state index is 0.0818. The highest BCUT2D eigenvalue weighted by Gasteiger charge is 2.25. The summed E-state index contributed by atoms with van der Waals surface area (Å²) in [6.45, 7) is 4.16. The molecule has 0 radical (unpaired) electrons. The number of thioether (sulfide) groups is 1. The number of halogens is 1. The number of likely N-dealkylation sites (N-methyl/N-ethyl adjacent to an activating group) is 1. The van der Waals surface area contributed by atoms with Gasteiger partial charge in [-0.3, -0.25) is 9.59 Å². The molecule has 26 heavy (non-hydrogen) atoms. The third-order valence-corrected chi connectivity index (χ3v) is 5.31. The lowest BCUT2D eigenvalue weighted by Gasteiger charge is -2.28. The van der Waals surface area contributed by atoms with Crippen LogP contribution in [-0.2, 0) is 16.1 Å². The van der Waals surface area contributed by atoms with Crippen molar-refractivity contribution in [3.8, 4) is 0 Å². The summed E-state index contributed by atoms with van der Waals surface area (Å²) in [4.78, 5) is 27.5. The van der Waals surface area contributed by atoms with Gasteiger partial charge in [-0.25, -0.2) is 0 Å². The van der Waals surface area contributed by atoms with E-state index in [0.29, 0.717) is 11.6 Å². The molecule has 1 unspecified atom stereocenters. The molecule has 138 valence electrons. The summed E-state index contributed by atoms with van der Waals surface area (Å²) in [6.07, 6.45) is 0. The normalized spacial score (nSPS) is 11.7. The van der Waals surface area contributed by atoms with Gasteiger partial charge in [-0.05, 0) is 43.7 Å². The van der Waals surface area contributed by atoms with Crippen molar-refractivity contribution in [2.75, 3.05) is 12.8 Å². The Kier molecular flexibility index (Phi) is 7.54. The van der Waals surface area contributed by atoms with Crippen molar-refractivity contribution in [2.24, 2.45) is 0 Å². The van der Waals surface area contributed by atoms with Gasteiger partial charge in [-0.2, -0.15) is 0 Å². The highest BCUT2D eigenvalue weighted by atomic mass is 35.5. The predicted octanol–water partition coefficient (Wildman–Crippen LogP) is 3.90. The first-order valence-electron chi connectivity index (χ1n) is 8.35. The molecule has 0 aliphatic heterocycles. The molecule has 1 N–H and O–H groups in total. The first kappa shape index (κ1) is 20.3. The maximum atomic E-state index is 12.8. The molecular weight excluding hydrogens is 368 g/mol. The van der Waals surface area contributed by atoms with Crippen molar-refractivity contribution in [1.29, 1.82) is 0 Å². The van der Waals surface area contributed by atoms with Gasteiger partial charge in [-0.1, -0.05) is 41.4 Å². The first-order valence-corrected chi connectivity index (χ1v) is 9.72. The molecule has 0 fully saturated rings. The monoisotopic (exact) mass is 390 g/mol. The molecule has 2 aromatic rings. The Hall–Kier alpha value is -1.98. The van der Waals surface area contributed by atoms with Crippen LogP contribution in [0, 0.1) is 6.92 Å². The summed E-state index contributed by atoms with van der Waals surface area (Å²) >= 11 is 7.32. The quantitative estimate of drug-likeness (QED) is 0.729. The standard InChI is InChI=1S/C20H23ClN2O2S/c1-14-4-6-16(7-5-14)12-23(15(2)20(25)22-3)19(24)13-26-18-10-8-17(21)9-11-18/h4-11,15H,12-13H2,1-3H3,(H,22,25). The first-order chi connectivity index (χ1) is 12.4. The summed E-state index contributed by atoms with van der Waals surface area (Å²) in [5.74, 6) is -0.00182. The Morgan fingerprint density at radius 3 is 2.31 bits per heavy atom. The lowest BCUT2D eigenvalue weighted by Crippen LogP contribution is -2.47. The Balaban J connectivity index is 2.10. The minimum Gasteiger partial charge on any atom is -0.357 e. The summed E-state index contributed by atoms with van der Waals surface area (Å²) in [6, 6.07) is 14.8. The minimum atomic E-state index is -0.542. The van der Waals surface area contributed by atoms with Gasteiger partial charge in [0.25, 0.3) is 0 Å². The van der Waals surface area contributed by atoms with Crippen LogP contribution < -0.4 is 5.32 Å². The molecule has 2 aromatic carbocycles. The summed E-state index contributed by atoms with van der Waals surface area (Å²) in [5.41, 5.74) is 2.15. The van der Waals surface area contributed by atoms with Crippen molar-refractivity contribution in [3.63, 3.8) is 0 Å². The van der Waals surface area contributed by atoms with E-state index in [1.165, 1.54) is 11.8 Å². The van der Waals surface area contributed by atoms with Crippen LogP contribution in [0.5, 0.6) is 0 Å². The molecule has 1 atom stereocenters. The molecule has 0 bridgehead atoms. The second-order valence-corrected chi connectivity index (χ2v) is 7.53. The van der Waals surface area contributed by atoms with E-state index in [-0.39, 0.29) is 17.6 Å². The van der Waals surface area contributed by atoms with Gasteiger partial charge in [0.2, 0.25) is 11.8 Å². The number of nitrogens with zero attached hydrogens (tertiary/aromatic N) is 1. The Bertz CT molecular complexity index is 747. The fourth-order valence-corrected chi connectivity index (χ4v) is 3.35. The van der Waals surface area contributed by atoms with Gasteiger partial charge in [-0.15, -0.1) is 11.8 Å². The molecule has 0 spiro atoms. The third-order valence-electron chi connectivity index (χ3n) is 4.06. The van der Waals surface area contributed by atoms with Crippen LogP contribution in [0.3, 0.4) is 0 Å². The van der Waals surface area contributed by atoms with Crippen molar-refractivity contribution >= 4 is 35.2 Å². The number of carbonyl (C=O) groups is 2. The van der Waals surface area contributed by atoms with Gasteiger partial charge in [0.1, 0.15) is 6.04 Å². The number of nitrogens with one attached hydrogen (secondary N) is 1. The van der Waals surface area contributed by atoms with Crippen molar-refractivity contribution in [1.82, 2.24) is 10.2 Å². The second kappa shape index (κ2) is 9.64. The SMILES string of the molecule is CNC(=O)C(C)N(Cc1ccc(C)cc1)C(=O)CSc1ccc(Cl)cc1. The average Bonchev–Trinajstić information content (AvgIpc) is 2.65. The lowest BCUT2D eigenvalue weighted by molar-refractivity contribution is -0.138. The molecule has 0 saturated heterocycles. The van der Waals surface area contributed by atoms with Gasteiger partial charge >= 0.3 is 0 Å². The smallest absolute Gasteiger partial charge is 0.242 e. The third kappa shape index (κ3) is 5.78. The molecular formula is C20H23ClN2O2S. The van der Waals surface area contributed by atoms with Crippen molar-refractivity contribution in [3.05, 3.63) is 64.7 Å². The van der Waals surface area contributed by atoms with Crippen LogP contribution in [0.25, 0.3) is 0 Å². The number of hydrogen-bond donors (Lipinski definition) is 1. The van der Waals surface area contributed by atoms with Crippen LogP contribution in [0.15, 0.2) is 53.4 Å². The molecule has 2 amide bonds. The molecule has 6 heteroatoms. The van der Waals surface area contributed by atoms with Crippen molar-refractivity contribution < 1.29 is 9.59 Å². The van der Waals surface area contributed by atoms with Crippen molar-refractivity contribution in [2.45, 2.75) is 31.3 Å². The topological polar surface area (TPSA) is 49.4 Å². The second-order valence-electron chi connectivity index (χ2n) is 6.04. The van der Waals surface area contributed by atoms with E-state index in [1.807, 2.05) is 43.3 Å². The van der Waals surface area contributed by atoms with Gasteiger partial charge < -0.3 is 10.2 Å². The van der Waals surface area contributed by atoms with Gasteiger partial charge in [0, 0.05) is 23.5 Å². The van der Waals surface area contributed by atoms with E-state index in [2.05, 4.69) is 5.32 Å². The van der Waals surface area contributed by atoms with Crippen LogP contribution in [-0.4, -0.2) is 35.6 Å². The predicted molar refractivity (Wildman–Crippen MR) is 107 cm³/mol. The molecule has 2 rings (SSSR count). The number of benzene rings is 2. The van der Waals surface area contributed by atoms with E-state index in [0.717, 1.165) is 16.0 Å². The molecule has 0 aromatic heterocycles. The summed E-state index contributed by atoms with van der Waals surface area (Å²) in [7, 11) is 1.58. The van der Waals surface area contributed by atoms with E-state index in [9.17, 15) is 9.59 Å². The van der Waals surface area contributed by atoms with E-state index in [1.54, 1.807) is 31.0 Å². The summed E-state index contributed by atoms with van der Waals surface area (Å²) in [5, 5.41) is 3.28.